The van der Waals surface area contributed by atoms with Crippen LogP contribution in [-0.2, 0) is 4.74 Å². The highest BCUT2D eigenvalue weighted by molar-refractivity contribution is 5.92. The fourth-order valence-corrected chi connectivity index (χ4v) is 2.77. The van der Waals surface area contributed by atoms with Crippen LogP contribution in [0.5, 0.6) is 17.2 Å². The third kappa shape index (κ3) is 7.16. The zero-order valence-electron chi connectivity index (χ0n) is 18.0. The number of carbonyl (C=O) groups is 2. The lowest BCUT2D eigenvalue weighted by molar-refractivity contribution is 0.0449. The Kier molecular flexibility index (Phi) is 8.69. The van der Waals surface area contributed by atoms with Crippen LogP contribution in [0.25, 0.3) is 0 Å². The van der Waals surface area contributed by atoms with Crippen molar-refractivity contribution in [3.05, 3.63) is 90.0 Å². The van der Waals surface area contributed by atoms with Gasteiger partial charge in [-0.2, -0.15) is 0 Å². The number of para-hydroxylation sites is 1. The number of hydrogen-bond acceptors (Lipinski definition) is 6. The van der Waals surface area contributed by atoms with Crippen LogP contribution in [-0.4, -0.2) is 31.8 Å². The van der Waals surface area contributed by atoms with E-state index in [4.69, 9.17) is 18.9 Å². The average molecular weight is 434 g/mol. The van der Waals surface area contributed by atoms with Crippen LogP contribution in [0.1, 0.15) is 40.5 Å². The second-order valence-corrected chi connectivity index (χ2v) is 6.94. The maximum Gasteiger partial charge on any atom is 0.343 e. The van der Waals surface area contributed by atoms with E-state index in [0.29, 0.717) is 23.7 Å². The number of esters is 2. The largest absolute Gasteiger partial charge is 0.494 e. The molecule has 0 atom stereocenters. The maximum absolute atomic E-state index is 12.4. The van der Waals surface area contributed by atoms with Gasteiger partial charge in [-0.05, 0) is 61.0 Å². The summed E-state index contributed by atoms with van der Waals surface area (Å²) in [5.41, 5.74) is 0.675. The summed E-state index contributed by atoms with van der Waals surface area (Å²) in [5, 5.41) is 0. The summed E-state index contributed by atoms with van der Waals surface area (Å²) in [7, 11) is 0. The third-order valence-electron chi connectivity index (χ3n) is 4.47. The van der Waals surface area contributed by atoms with Crippen molar-refractivity contribution in [3.63, 3.8) is 0 Å². The molecule has 0 aliphatic carbocycles. The van der Waals surface area contributed by atoms with Gasteiger partial charge >= 0.3 is 11.9 Å². The summed E-state index contributed by atoms with van der Waals surface area (Å²) >= 11 is 0. The SMILES string of the molecule is CCCCOc1ccc(C(=O)Oc2cccc(C(=O)OCCOc3ccccc3)c2)cc1. The van der Waals surface area contributed by atoms with Crippen LogP contribution in [0, 0.1) is 0 Å². The quantitative estimate of drug-likeness (QED) is 0.231. The van der Waals surface area contributed by atoms with Crippen molar-refractivity contribution in [2.75, 3.05) is 19.8 Å². The monoisotopic (exact) mass is 434 g/mol. The Balaban J connectivity index is 1.49. The van der Waals surface area contributed by atoms with E-state index in [0.717, 1.165) is 12.8 Å². The Morgan fingerprint density at radius 2 is 1.34 bits per heavy atom. The molecule has 0 aromatic heterocycles. The van der Waals surface area contributed by atoms with Crippen LogP contribution in [0.15, 0.2) is 78.9 Å². The Hall–Kier alpha value is -3.80. The topological polar surface area (TPSA) is 71.1 Å². The van der Waals surface area contributed by atoms with Gasteiger partial charge in [-0.1, -0.05) is 37.6 Å². The highest BCUT2D eigenvalue weighted by Crippen LogP contribution is 2.18. The second-order valence-electron chi connectivity index (χ2n) is 6.94. The smallest absolute Gasteiger partial charge is 0.343 e. The van der Waals surface area contributed by atoms with Crippen molar-refractivity contribution in [2.45, 2.75) is 19.8 Å². The maximum atomic E-state index is 12.4. The Labute approximate surface area is 187 Å². The van der Waals surface area contributed by atoms with Gasteiger partial charge in [0.25, 0.3) is 0 Å². The molecule has 0 radical (unpaired) electrons. The molecule has 3 rings (SSSR count). The van der Waals surface area contributed by atoms with E-state index >= 15 is 0 Å². The van der Waals surface area contributed by atoms with Gasteiger partial charge in [-0.25, -0.2) is 9.59 Å². The Morgan fingerprint density at radius 1 is 0.656 bits per heavy atom. The van der Waals surface area contributed by atoms with Gasteiger partial charge in [-0.15, -0.1) is 0 Å². The molecule has 0 fully saturated rings. The highest BCUT2D eigenvalue weighted by atomic mass is 16.6. The molecule has 0 bridgehead atoms. The fraction of sp³-hybridized carbons (Fsp3) is 0.231. The van der Waals surface area contributed by atoms with E-state index in [-0.39, 0.29) is 24.5 Å². The molecular weight excluding hydrogens is 408 g/mol. The van der Waals surface area contributed by atoms with Crippen LogP contribution >= 0.6 is 0 Å². The van der Waals surface area contributed by atoms with E-state index in [2.05, 4.69) is 6.92 Å². The first-order valence-corrected chi connectivity index (χ1v) is 10.6. The minimum absolute atomic E-state index is 0.102. The van der Waals surface area contributed by atoms with Gasteiger partial charge in [0.05, 0.1) is 17.7 Å². The summed E-state index contributed by atoms with van der Waals surface area (Å²) in [5.74, 6) is 0.627. The van der Waals surface area contributed by atoms with Crippen LogP contribution in [0.3, 0.4) is 0 Å². The lowest BCUT2D eigenvalue weighted by atomic mass is 10.2. The molecule has 0 aliphatic rings. The number of rotatable bonds is 11. The number of carbonyl (C=O) groups excluding carboxylic acids is 2. The molecule has 0 N–H and O–H groups in total. The van der Waals surface area contributed by atoms with E-state index in [9.17, 15) is 9.59 Å². The zero-order chi connectivity index (χ0) is 22.6. The summed E-state index contributed by atoms with van der Waals surface area (Å²) in [6.07, 6.45) is 2.03. The first-order valence-electron chi connectivity index (χ1n) is 10.6. The molecule has 0 spiro atoms. The molecule has 32 heavy (non-hydrogen) atoms. The number of unbranched alkanes of at least 4 members (excludes halogenated alkanes) is 1. The van der Waals surface area contributed by atoms with Gasteiger partial charge in [-0.3, -0.25) is 0 Å². The molecule has 3 aromatic carbocycles. The van der Waals surface area contributed by atoms with Crippen LogP contribution in [0.2, 0.25) is 0 Å². The minimum Gasteiger partial charge on any atom is -0.494 e. The number of hydrogen-bond donors (Lipinski definition) is 0. The molecule has 166 valence electrons. The molecule has 0 saturated carbocycles. The summed E-state index contributed by atoms with van der Waals surface area (Å²) in [4.78, 5) is 24.7. The van der Waals surface area contributed by atoms with Gasteiger partial charge < -0.3 is 18.9 Å². The molecule has 0 unspecified atom stereocenters. The van der Waals surface area contributed by atoms with Gasteiger partial charge in [0.1, 0.15) is 30.5 Å². The number of ether oxygens (including phenoxy) is 4. The molecule has 6 nitrogen and oxygen atoms in total. The Morgan fingerprint density at radius 3 is 2.09 bits per heavy atom. The summed E-state index contributed by atoms with van der Waals surface area (Å²) in [6, 6.07) is 22.3. The first kappa shape index (κ1) is 22.9. The molecule has 3 aromatic rings. The molecular formula is C26H26O6. The van der Waals surface area contributed by atoms with Crippen molar-refractivity contribution in [3.8, 4) is 17.2 Å². The zero-order valence-corrected chi connectivity index (χ0v) is 18.0. The van der Waals surface area contributed by atoms with Crippen molar-refractivity contribution in [1.29, 1.82) is 0 Å². The normalized spacial score (nSPS) is 10.3. The van der Waals surface area contributed by atoms with Gasteiger partial charge in [0.15, 0.2) is 0 Å². The van der Waals surface area contributed by atoms with Gasteiger partial charge in [0.2, 0.25) is 0 Å². The molecule has 6 heteroatoms. The van der Waals surface area contributed by atoms with Crippen molar-refractivity contribution in [2.24, 2.45) is 0 Å². The lowest BCUT2D eigenvalue weighted by Gasteiger charge is -2.09. The van der Waals surface area contributed by atoms with Crippen LogP contribution in [0.4, 0.5) is 0 Å². The minimum atomic E-state index is -0.521. The van der Waals surface area contributed by atoms with Crippen LogP contribution < -0.4 is 14.2 Å². The predicted octanol–water partition coefficient (Wildman–Crippen LogP) is 5.32. The predicted molar refractivity (Wildman–Crippen MR) is 120 cm³/mol. The third-order valence-corrected chi connectivity index (χ3v) is 4.47. The molecule has 0 aliphatic heterocycles. The average Bonchev–Trinajstić information content (AvgIpc) is 2.83. The van der Waals surface area contributed by atoms with E-state index in [1.165, 1.54) is 6.07 Å². The molecule has 0 amide bonds. The van der Waals surface area contributed by atoms with E-state index in [1.54, 1.807) is 42.5 Å². The molecule has 0 saturated heterocycles. The van der Waals surface area contributed by atoms with Crippen molar-refractivity contribution in [1.82, 2.24) is 0 Å². The second kappa shape index (κ2) is 12.2. The Bertz CT molecular complexity index is 998. The lowest BCUT2D eigenvalue weighted by Crippen LogP contribution is -2.13. The fourth-order valence-electron chi connectivity index (χ4n) is 2.77. The summed E-state index contributed by atoms with van der Waals surface area (Å²) < 4.78 is 21.7. The van der Waals surface area contributed by atoms with Gasteiger partial charge in [0, 0.05) is 0 Å². The van der Waals surface area contributed by atoms with Crippen molar-refractivity contribution < 1.29 is 28.5 Å². The van der Waals surface area contributed by atoms with E-state index < -0.39 is 11.9 Å². The summed E-state index contributed by atoms with van der Waals surface area (Å²) in [6.45, 7) is 3.08. The standard InChI is InChI=1S/C26H26O6/c1-2-3-16-29-23-14-12-20(13-15-23)26(28)32-24-11-7-8-21(19-24)25(27)31-18-17-30-22-9-5-4-6-10-22/h4-15,19H,2-3,16-18H2,1H3. The first-order chi connectivity index (χ1) is 15.7. The highest BCUT2D eigenvalue weighted by Gasteiger charge is 2.12. The number of benzene rings is 3. The van der Waals surface area contributed by atoms with E-state index in [1.807, 2.05) is 30.3 Å². The molecule has 0 heterocycles. The van der Waals surface area contributed by atoms with Crippen molar-refractivity contribution >= 4 is 11.9 Å².